The lowest BCUT2D eigenvalue weighted by molar-refractivity contribution is -0.870. The average Bonchev–Trinajstić information content (AvgIpc) is 2.39. The first kappa shape index (κ1) is 21.5. The van der Waals surface area contributed by atoms with Crippen molar-refractivity contribution >= 4 is 13.8 Å². The molecule has 0 amide bonds. The maximum Gasteiger partial charge on any atom is 0.472 e. The zero-order valence-corrected chi connectivity index (χ0v) is 14.8. The van der Waals surface area contributed by atoms with Gasteiger partial charge in [0.15, 0.2) is 0 Å². The summed E-state index contributed by atoms with van der Waals surface area (Å²) in [4.78, 5) is 20.9. The van der Waals surface area contributed by atoms with E-state index in [4.69, 9.17) is 18.9 Å². The van der Waals surface area contributed by atoms with Crippen molar-refractivity contribution in [2.45, 2.75) is 32.3 Å². The lowest BCUT2D eigenvalue weighted by Crippen LogP contribution is -2.37. The van der Waals surface area contributed by atoms with Crippen molar-refractivity contribution in [3.8, 4) is 0 Å². The van der Waals surface area contributed by atoms with Crippen molar-refractivity contribution < 1.29 is 37.6 Å². The fraction of sp³-hybridized carbons (Fsp3) is 0.923. The molecule has 22 heavy (non-hydrogen) atoms. The topological polar surface area (TPSA) is 102 Å². The summed E-state index contributed by atoms with van der Waals surface area (Å²) in [5.74, 6) is -0.469. The van der Waals surface area contributed by atoms with E-state index < -0.39 is 33.1 Å². The van der Waals surface area contributed by atoms with Crippen LogP contribution in [-0.4, -0.2) is 74.1 Å². The van der Waals surface area contributed by atoms with Gasteiger partial charge in [-0.05, 0) is 6.42 Å². The molecule has 0 radical (unpaired) electrons. The number of likely N-dealkylation sites (N-methyl/N-ethyl adjacent to an activating group) is 1. The summed E-state index contributed by atoms with van der Waals surface area (Å²) in [6.07, 6.45) is 0.794. The molecule has 0 bridgehead atoms. The van der Waals surface area contributed by atoms with Crippen LogP contribution in [0.25, 0.3) is 0 Å². The minimum absolute atomic E-state index is 0.0529. The van der Waals surface area contributed by atoms with Gasteiger partial charge in [0.25, 0.3) is 0 Å². The number of unbranched alkanes of at least 4 members (excludes halogenated alkanes) is 1. The molecule has 2 atom stereocenters. The summed E-state index contributed by atoms with van der Waals surface area (Å²) in [5.41, 5.74) is 0. The van der Waals surface area contributed by atoms with Crippen molar-refractivity contribution in [2.24, 2.45) is 0 Å². The third kappa shape index (κ3) is 12.1. The van der Waals surface area contributed by atoms with Gasteiger partial charge in [0.05, 0.1) is 34.4 Å². The molecule has 0 rings (SSSR count). The van der Waals surface area contributed by atoms with Gasteiger partial charge in [0.1, 0.15) is 19.3 Å². The van der Waals surface area contributed by atoms with E-state index in [2.05, 4.69) is 0 Å². The number of quaternary nitrogens is 1. The number of carbonyl (C=O) groups is 1. The Balaban J connectivity index is 4.13. The van der Waals surface area contributed by atoms with Crippen molar-refractivity contribution in [3.63, 3.8) is 0 Å². The Morgan fingerprint density at radius 3 is 2.41 bits per heavy atom. The number of aliphatic hydroxyl groups is 1. The highest BCUT2D eigenvalue weighted by Gasteiger charge is 2.25. The molecule has 0 aliphatic heterocycles. The highest BCUT2D eigenvalue weighted by atomic mass is 31.2. The molecule has 8 nitrogen and oxygen atoms in total. The second-order valence-corrected chi connectivity index (χ2v) is 7.46. The van der Waals surface area contributed by atoms with E-state index in [0.717, 1.165) is 6.42 Å². The quantitative estimate of drug-likeness (QED) is 0.309. The molecule has 0 aliphatic carbocycles. The third-order valence-electron chi connectivity index (χ3n) is 2.68. The van der Waals surface area contributed by atoms with Crippen LogP contribution in [-0.2, 0) is 23.1 Å². The third-order valence-corrected chi connectivity index (χ3v) is 3.66. The SMILES string of the molecule is CCCCC(=O)O[C@@H](CO)COP(=O)(O)OCC[N+](C)(C)C. The van der Waals surface area contributed by atoms with Gasteiger partial charge in [-0.25, -0.2) is 4.57 Å². The van der Waals surface area contributed by atoms with Crippen LogP contribution in [0.2, 0.25) is 0 Å². The van der Waals surface area contributed by atoms with E-state index in [-0.39, 0.29) is 13.0 Å². The molecule has 0 heterocycles. The van der Waals surface area contributed by atoms with Crippen LogP contribution in [0.5, 0.6) is 0 Å². The maximum atomic E-state index is 11.7. The van der Waals surface area contributed by atoms with Crippen LogP contribution in [0.1, 0.15) is 26.2 Å². The molecule has 132 valence electrons. The molecule has 0 aliphatic rings. The van der Waals surface area contributed by atoms with E-state index in [1.807, 2.05) is 28.1 Å². The lowest BCUT2D eigenvalue weighted by Gasteiger charge is -2.24. The molecule has 1 unspecified atom stereocenters. The van der Waals surface area contributed by atoms with Crippen molar-refractivity contribution in [2.75, 3.05) is 47.5 Å². The van der Waals surface area contributed by atoms with E-state index >= 15 is 0 Å². The van der Waals surface area contributed by atoms with Crippen LogP contribution in [0.3, 0.4) is 0 Å². The van der Waals surface area contributed by atoms with Crippen LogP contribution >= 0.6 is 7.82 Å². The standard InChI is InChI=1S/C13H28NO7P/c1-5-6-7-13(16)21-12(10-15)11-20-22(17,18)19-9-8-14(2,3)4/h12,15H,5-11H2,1-4H3/p+1/t12-/m0/s1. The Bertz CT molecular complexity index is 370. The Morgan fingerprint density at radius 1 is 1.27 bits per heavy atom. The molecule has 0 aromatic rings. The van der Waals surface area contributed by atoms with Gasteiger partial charge >= 0.3 is 13.8 Å². The number of esters is 1. The number of hydrogen-bond acceptors (Lipinski definition) is 6. The van der Waals surface area contributed by atoms with Gasteiger partial charge in [-0.2, -0.15) is 0 Å². The van der Waals surface area contributed by atoms with Gasteiger partial charge in [0.2, 0.25) is 0 Å². The normalized spacial score (nSPS) is 16.1. The molecule has 9 heteroatoms. The fourth-order valence-electron chi connectivity index (χ4n) is 1.33. The van der Waals surface area contributed by atoms with Crippen molar-refractivity contribution in [1.82, 2.24) is 0 Å². The predicted octanol–water partition coefficient (Wildman–Crippen LogP) is 0.920. The number of hydrogen-bond donors (Lipinski definition) is 2. The zero-order valence-electron chi connectivity index (χ0n) is 13.9. The Hall–Kier alpha value is -0.500. The van der Waals surface area contributed by atoms with Crippen LogP contribution < -0.4 is 0 Å². The Morgan fingerprint density at radius 2 is 1.91 bits per heavy atom. The minimum Gasteiger partial charge on any atom is -0.457 e. The van der Waals surface area contributed by atoms with Crippen molar-refractivity contribution in [3.05, 3.63) is 0 Å². The van der Waals surface area contributed by atoms with E-state index in [1.165, 1.54) is 0 Å². The molecule has 0 aromatic carbocycles. The first-order valence-corrected chi connectivity index (χ1v) is 8.82. The summed E-state index contributed by atoms with van der Waals surface area (Å²) in [7, 11) is 1.54. The number of phosphoric acid groups is 1. The second-order valence-electron chi connectivity index (χ2n) is 6.01. The summed E-state index contributed by atoms with van der Waals surface area (Å²) < 4.78 is 26.8. The largest absolute Gasteiger partial charge is 0.472 e. The van der Waals surface area contributed by atoms with Crippen molar-refractivity contribution in [1.29, 1.82) is 0 Å². The summed E-state index contributed by atoms with van der Waals surface area (Å²) >= 11 is 0. The molecule has 2 N–H and O–H groups in total. The summed E-state index contributed by atoms with van der Waals surface area (Å²) in [6.45, 7) is 1.64. The number of nitrogens with zero attached hydrogens (tertiary/aromatic N) is 1. The van der Waals surface area contributed by atoms with Gasteiger partial charge < -0.3 is 19.2 Å². The Kier molecular flexibility index (Phi) is 10.1. The molecule has 0 spiro atoms. The number of phosphoric ester groups is 1. The average molecular weight is 342 g/mol. The summed E-state index contributed by atoms with van der Waals surface area (Å²) in [5, 5.41) is 9.11. The highest BCUT2D eigenvalue weighted by Crippen LogP contribution is 2.43. The van der Waals surface area contributed by atoms with E-state index in [9.17, 15) is 14.3 Å². The zero-order chi connectivity index (χ0) is 17.2. The first-order chi connectivity index (χ1) is 10.1. The number of rotatable bonds is 12. The van der Waals surface area contributed by atoms with Gasteiger partial charge in [-0.1, -0.05) is 13.3 Å². The number of aliphatic hydroxyl groups excluding tert-OH is 1. The van der Waals surface area contributed by atoms with Crippen LogP contribution in [0.15, 0.2) is 0 Å². The second kappa shape index (κ2) is 10.3. The lowest BCUT2D eigenvalue weighted by atomic mass is 10.2. The minimum atomic E-state index is -4.22. The molecule has 0 saturated carbocycles. The molecule has 0 fully saturated rings. The highest BCUT2D eigenvalue weighted by molar-refractivity contribution is 7.47. The Labute approximate surface area is 132 Å². The van der Waals surface area contributed by atoms with Crippen LogP contribution in [0, 0.1) is 0 Å². The van der Waals surface area contributed by atoms with E-state index in [1.54, 1.807) is 0 Å². The number of ether oxygens (including phenoxy) is 1. The monoisotopic (exact) mass is 342 g/mol. The smallest absolute Gasteiger partial charge is 0.457 e. The predicted molar refractivity (Wildman–Crippen MR) is 81.1 cm³/mol. The molecular weight excluding hydrogens is 313 g/mol. The molecule has 0 aromatic heterocycles. The molecular formula is C13H29NO7P+. The van der Waals surface area contributed by atoms with Gasteiger partial charge in [-0.3, -0.25) is 13.8 Å². The fourth-order valence-corrected chi connectivity index (χ4v) is 2.08. The first-order valence-electron chi connectivity index (χ1n) is 7.32. The van der Waals surface area contributed by atoms with Crippen LogP contribution in [0.4, 0.5) is 0 Å². The molecule has 0 saturated heterocycles. The maximum absolute atomic E-state index is 11.7. The van der Waals surface area contributed by atoms with Gasteiger partial charge in [-0.15, -0.1) is 0 Å². The van der Waals surface area contributed by atoms with E-state index in [0.29, 0.717) is 17.4 Å². The van der Waals surface area contributed by atoms with Gasteiger partial charge in [0, 0.05) is 6.42 Å². The number of carbonyl (C=O) groups excluding carboxylic acids is 1. The summed E-state index contributed by atoms with van der Waals surface area (Å²) in [6, 6.07) is 0.